The fourth-order valence-corrected chi connectivity index (χ4v) is 5.05. The maximum absolute atomic E-state index is 13.6. The van der Waals surface area contributed by atoms with Crippen molar-refractivity contribution in [2.24, 2.45) is 0 Å². The van der Waals surface area contributed by atoms with Gasteiger partial charge in [-0.3, -0.25) is 9.59 Å². The van der Waals surface area contributed by atoms with Crippen LogP contribution in [0.4, 0.5) is 0 Å². The minimum atomic E-state index is -0.303. The molecule has 2 aromatic rings. The Balaban J connectivity index is 1.76. The second-order valence-corrected chi connectivity index (χ2v) is 8.05. The third-order valence-corrected chi connectivity index (χ3v) is 6.27. The van der Waals surface area contributed by atoms with Crippen molar-refractivity contribution in [1.82, 2.24) is 19.9 Å². The number of carbonyl (C=O) groups excluding carboxylic acids is 2. The van der Waals surface area contributed by atoms with Crippen LogP contribution in [0.25, 0.3) is 11.1 Å². The molecule has 4 heterocycles. The third-order valence-electron chi connectivity index (χ3n) is 6.27. The summed E-state index contributed by atoms with van der Waals surface area (Å²) in [5.74, 6) is 0.0756. The highest BCUT2D eigenvalue weighted by molar-refractivity contribution is 6.06. The van der Waals surface area contributed by atoms with Crippen LogP contribution in [0, 0.1) is 13.8 Å². The fourth-order valence-electron chi connectivity index (χ4n) is 5.05. The molecule has 2 atom stereocenters. The van der Waals surface area contributed by atoms with Gasteiger partial charge in [-0.1, -0.05) is 5.16 Å². The van der Waals surface area contributed by atoms with E-state index in [9.17, 15) is 9.59 Å². The zero-order chi connectivity index (χ0) is 19.3. The molecule has 2 aliphatic rings. The molecule has 144 valence electrons. The van der Waals surface area contributed by atoms with Crippen LogP contribution >= 0.6 is 0 Å². The Morgan fingerprint density at radius 2 is 2.04 bits per heavy atom. The van der Waals surface area contributed by atoms with E-state index in [1.54, 1.807) is 6.92 Å². The van der Waals surface area contributed by atoms with Crippen molar-refractivity contribution in [2.45, 2.75) is 65.0 Å². The van der Waals surface area contributed by atoms with Crippen molar-refractivity contribution >= 4 is 22.9 Å². The van der Waals surface area contributed by atoms with Gasteiger partial charge in [-0.2, -0.15) is 0 Å². The van der Waals surface area contributed by atoms with Gasteiger partial charge in [0.05, 0.1) is 28.2 Å². The minimum absolute atomic E-state index is 0.0156. The first-order chi connectivity index (χ1) is 12.8. The number of amides is 2. The molecule has 0 unspecified atom stereocenters. The first-order valence-electron chi connectivity index (χ1n) is 9.66. The molecular weight excluding hydrogens is 344 g/mol. The zero-order valence-electron chi connectivity index (χ0n) is 16.4. The molecule has 0 spiro atoms. The van der Waals surface area contributed by atoms with E-state index in [2.05, 4.69) is 17.1 Å². The first-order valence-corrected chi connectivity index (χ1v) is 9.66. The van der Waals surface area contributed by atoms with E-state index in [1.807, 2.05) is 29.7 Å². The number of hydrogen-bond donors (Lipinski definition) is 0. The summed E-state index contributed by atoms with van der Waals surface area (Å²) in [6, 6.07) is 1.85. The molecule has 0 aromatic carbocycles. The number of carbonyl (C=O) groups is 2. The quantitative estimate of drug-likeness (QED) is 0.771. The van der Waals surface area contributed by atoms with Crippen LogP contribution in [-0.4, -0.2) is 56.4 Å². The van der Waals surface area contributed by atoms with Crippen molar-refractivity contribution in [3.8, 4) is 0 Å². The number of fused-ring (bicyclic) bond motifs is 2. The number of aryl methyl sites for hydroxylation is 2. The molecule has 0 radical (unpaired) electrons. The van der Waals surface area contributed by atoms with Crippen molar-refractivity contribution in [3.63, 3.8) is 0 Å². The van der Waals surface area contributed by atoms with Crippen molar-refractivity contribution in [1.29, 1.82) is 0 Å². The molecule has 4 rings (SSSR count). The maximum Gasteiger partial charge on any atom is 0.258 e. The van der Waals surface area contributed by atoms with Gasteiger partial charge >= 0.3 is 0 Å². The molecular formula is C20H26N4O3. The largest absolute Gasteiger partial charge is 0.336 e. The van der Waals surface area contributed by atoms with Gasteiger partial charge in [0.2, 0.25) is 5.91 Å². The lowest BCUT2D eigenvalue weighted by Gasteiger charge is -2.56. The predicted molar refractivity (Wildman–Crippen MR) is 100 cm³/mol. The van der Waals surface area contributed by atoms with Crippen molar-refractivity contribution in [2.75, 3.05) is 13.1 Å². The minimum Gasteiger partial charge on any atom is -0.336 e. The standard InChI is InChI=1S/C20H26N4O3/c1-12-11-15(17-13(2)22-27-18(17)21-12)19(26)23-9-6-8-20(4)16(23)7-5-10-24(20)14(3)25/h11,16H,5-10H2,1-4H3/t16-,20-/m0/s1. The summed E-state index contributed by atoms with van der Waals surface area (Å²) < 4.78 is 5.30. The Kier molecular flexibility index (Phi) is 4.20. The third kappa shape index (κ3) is 2.71. The van der Waals surface area contributed by atoms with Gasteiger partial charge < -0.3 is 14.3 Å². The molecule has 27 heavy (non-hydrogen) atoms. The van der Waals surface area contributed by atoms with E-state index in [0.717, 1.165) is 37.9 Å². The molecule has 2 saturated heterocycles. The van der Waals surface area contributed by atoms with Crippen molar-refractivity contribution in [3.05, 3.63) is 23.0 Å². The molecule has 7 nitrogen and oxygen atoms in total. The normalized spacial score (nSPS) is 25.6. The molecule has 2 fully saturated rings. The van der Waals surface area contributed by atoms with Gasteiger partial charge in [0.15, 0.2) is 0 Å². The number of piperidine rings is 2. The Morgan fingerprint density at radius 1 is 1.26 bits per heavy atom. The van der Waals surface area contributed by atoms with Crippen LogP contribution < -0.4 is 0 Å². The lowest BCUT2D eigenvalue weighted by atomic mass is 9.75. The summed E-state index contributed by atoms with van der Waals surface area (Å²) in [5, 5.41) is 4.69. The summed E-state index contributed by atoms with van der Waals surface area (Å²) in [6.45, 7) is 8.93. The Labute approximate surface area is 158 Å². The summed E-state index contributed by atoms with van der Waals surface area (Å²) in [6.07, 6.45) is 3.65. The Morgan fingerprint density at radius 3 is 2.78 bits per heavy atom. The number of hydrogen-bond acceptors (Lipinski definition) is 5. The van der Waals surface area contributed by atoms with Crippen LogP contribution in [0.5, 0.6) is 0 Å². The Bertz CT molecular complexity index is 921. The average molecular weight is 370 g/mol. The molecule has 0 N–H and O–H groups in total. The Hall–Kier alpha value is -2.44. The van der Waals surface area contributed by atoms with Crippen molar-refractivity contribution < 1.29 is 14.1 Å². The van der Waals surface area contributed by atoms with E-state index in [0.29, 0.717) is 28.9 Å². The number of aromatic nitrogens is 2. The van der Waals surface area contributed by atoms with Crippen LogP contribution in [0.2, 0.25) is 0 Å². The lowest BCUT2D eigenvalue weighted by Crippen LogP contribution is -2.67. The zero-order valence-corrected chi connectivity index (χ0v) is 16.4. The molecule has 7 heteroatoms. The smallest absolute Gasteiger partial charge is 0.258 e. The monoisotopic (exact) mass is 370 g/mol. The van der Waals surface area contributed by atoms with Crippen LogP contribution in [0.1, 0.15) is 61.3 Å². The SMILES string of the molecule is CC(=O)N1CCC[C@@H]2N(C(=O)c3cc(C)nc4onc(C)c34)CCC[C@@]21C. The van der Waals surface area contributed by atoms with Gasteiger partial charge in [0.25, 0.3) is 11.6 Å². The van der Waals surface area contributed by atoms with Crippen LogP contribution in [0.3, 0.4) is 0 Å². The molecule has 0 bridgehead atoms. The highest BCUT2D eigenvalue weighted by Crippen LogP contribution is 2.40. The molecule has 2 amide bonds. The number of rotatable bonds is 1. The van der Waals surface area contributed by atoms with E-state index >= 15 is 0 Å². The number of likely N-dealkylation sites (tertiary alicyclic amines) is 2. The summed E-state index contributed by atoms with van der Waals surface area (Å²) in [7, 11) is 0. The van der Waals surface area contributed by atoms with Crippen LogP contribution in [0.15, 0.2) is 10.6 Å². The molecule has 0 saturated carbocycles. The average Bonchev–Trinajstić information content (AvgIpc) is 2.99. The summed E-state index contributed by atoms with van der Waals surface area (Å²) >= 11 is 0. The van der Waals surface area contributed by atoms with Gasteiger partial charge in [-0.15, -0.1) is 0 Å². The van der Waals surface area contributed by atoms with E-state index in [1.165, 1.54) is 0 Å². The summed E-state index contributed by atoms with van der Waals surface area (Å²) in [4.78, 5) is 34.1. The van der Waals surface area contributed by atoms with Gasteiger partial charge in [-0.05, 0) is 52.5 Å². The highest BCUT2D eigenvalue weighted by Gasteiger charge is 2.49. The molecule has 2 aromatic heterocycles. The summed E-state index contributed by atoms with van der Waals surface area (Å²) in [5.41, 5.74) is 2.11. The lowest BCUT2D eigenvalue weighted by molar-refractivity contribution is -0.143. The van der Waals surface area contributed by atoms with E-state index in [4.69, 9.17) is 4.52 Å². The topological polar surface area (TPSA) is 79.5 Å². The van der Waals surface area contributed by atoms with Crippen LogP contribution in [-0.2, 0) is 4.79 Å². The molecule has 2 aliphatic heterocycles. The fraction of sp³-hybridized carbons (Fsp3) is 0.600. The molecule has 0 aliphatic carbocycles. The predicted octanol–water partition coefficient (Wildman–Crippen LogP) is 2.85. The number of nitrogens with zero attached hydrogens (tertiary/aromatic N) is 4. The second-order valence-electron chi connectivity index (χ2n) is 8.05. The van der Waals surface area contributed by atoms with Gasteiger partial charge in [0, 0.05) is 25.7 Å². The van der Waals surface area contributed by atoms with E-state index < -0.39 is 0 Å². The number of pyridine rings is 1. The van der Waals surface area contributed by atoms with E-state index in [-0.39, 0.29) is 23.4 Å². The highest BCUT2D eigenvalue weighted by atomic mass is 16.5. The van der Waals surface area contributed by atoms with Gasteiger partial charge in [0.1, 0.15) is 0 Å². The second kappa shape index (κ2) is 6.32. The first kappa shape index (κ1) is 17.9. The maximum atomic E-state index is 13.6. The van der Waals surface area contributed by atoms with Gasteiger partial charge in [-0.25, -0.2) is 4.98 Å².